The molecule has 0 atom stereocenters. The van der Waals surface area contributed by atoms with Crippen LogP contribution in [0, 0.1) is 0 Å². The number of carbonyl (C=O) groups is 2. The maximum atomic E-state index is 11.4. The third kappa shape index (κ3) is 2.89. The van der Waals surface area contributed by atoms with Crippen molar-refractivity contribution in [3.05, 3.63) is 42.2 Å². The average molecular weight is 309 g/mol. The Morgan fingerprint density at radius 2 is 2.04 bits per heavy atom. The zero-order valence-corrected chi connectivity index (χ0v) is 12.2. The minimum atomic E-state index is -0.496. The molecule has 7 heteroatoms. The molecule has 2 amide bonds. The van der Waals surface area contributed by atoms with E-state index in [0.717, 1.165) is 16.2 Å². The van der Waals surface area contributed by atoms with E-state index in [0.29, 0.717) is 36.4 Å². The minimum absolute atomic E-state index is 0.404. The summed E-state index contributed by atoms with van der Waals surface area (Å²) in [6, 6.07) is 7.04. The van der Waals surface area contributed by atoms with Crippen LogP contribution >= 0.6 is 0 Å². The number of nitrogens with two attached hydrogens (primary N) is 1. The van der Waals surface area contributed by atoms with Crippen molar-refractivity contribution in [1.29, 1.82) is 0 Å². The molecule has 3 rings (SSSR count). The molecule has 2 heterocycles. The maximum absolute atomic E-state index is 11.4. The Bertz CT molecular complexity index is 894. The number of rotatable bonds is 6. The Balaban J connectivity index is 2.12. The van der Waals surface area contributed by atoms with Crippen LogP contribution in [0.15, 0.2) is 36.7 Å². The predicted octanol–water partition coefficient (Wildman–Crippen LogP) is 1.04. The van der Waals surface area contributed by atoms with Crippen LogP contribution in [0.5, 0.6) is 0 Å². The first kappa shape index (κ1) is 14.7. The molecule has 1 aromatic carbocycles. The molecule has 0 unspecified atom stereocenters. The van der Waals surface area contributed by atoms with E-state index in [2.05, 4.69) is 20.6 Å². The highest BCUT2D eigenvalue weighted by Gasteiger charge is 2.10. The fourth-order valence-electron chi connectivity index (χ4n) is 2.45. The van der Waals surface area contributed by atoms with Crippen molar-refractivity contribution < 1.29 is 9.59 Å². The molecule has 0 bridgehead atoms. The van der Waals surface area contributed by atoms with Gasteiger partial charge in [0.2, 0.25) is 12.3 Å². The highest BCUT2D eigenvalue weighted by atomic mass is 16.1. The molecule has 0 radical (unpaired) electrons. The molecule has 0 aliphatic carbocycles. The minimum Gasteiger partial charge on any atom is -0.368 e. The number of benzene rings is 1. The predicted molar refractivity (Wildman–Crippen MR) is 88.1 cm³/mol. The van der Waals surface area contributed by atoms with Gasteiger partial charge >= 0.3 is 0 Å². The Labute approximate surface area is 131 Å². The molecule has 0 fully saturated rings. The zero-order chi connectivity index (χ0) is 16.2. The first-order valence-corrected chi connectivity index (χ1v) is 7.09. The van der Waals surface area contributed by atoms with Crippen molar-refractivity contribution in [2.24, 2.45) is 5.73 Å². The van der Waals surface area contributed by atoms with E-state index >= 15 is 0 Å². The second kappa shape index (κ2) is 6.27. The first-order chi connectivity index (χ1) is 11.2. The molecule has 0 aliphatic rings. The second-order valence-corrected chi connectivity index (χ2v) is 4.98. The largest absolute Gasteiger partial charge is 0.368 e. The van der Waals surface area contributed by atoms with Crippen LogP contribution in [-0.2, 0) is 4.79 Å². The molecule has 116 valence electrons. The van der Waals surface area contributed by atoms with Gasteiger partial charge in [-0.25, -0.2) is 4.98 Å². The summed E-state index contributed by atoms with van der Waals surface area (Å²) in [5.74, 6) is 0.175. The van der Waals surface area contributed by atoms with Gasteiger partial charge in [-0.2, -0.15) is 0 Å². The number of primary amides is 1. The van der Waals surface area contributed by atoms with Gasteiger partial charge < -0.3 is 16.4 Å². The van der Waals surface area contributed by atoms with Gasteiger partial charge in [-0.1, -0.05) is 6.07 Å². The summed E-state index contributed by atoms with van der Waals surface area (Å²) in [5, 5.41) is 8.52. The van der Waals surface area contributed by atoms with E-state index in [-0.39, 0.29) is 0 Å². The number of fused-ring (bicyclic) bond motifs is 3. The van der Waals surface area contributed by atoms with E-state index in [1.807, 2.05) is 12.1 Å². The van der Waals surface area contributed by atoms with Gasteiger partial charge in [0.25, 0.3) is 0 Å². The number of nitrogens with one attached hydrogen (secondary N) is 2. The summed E-state index contributed by atoms with van der Waals surface area (Å²) < 4.78 is 0. The molecule has 2 aromatic heterocycles. The van der Waals surface area contributed by atoms with Gasteiger partial charge in [-0.3, -0.25) is 14.6 Å². The number of aromatic nitrogens is 2. The van der Waals surface area contributed by atoms with Crippen molar-refractivity contribution in [1.82, 2.24) is 15.3 Å². The molecule has 0 spiro atoms. The Hall–Kier alpha value is -3.22. The van der Waals surface area contributed by atoms with Crippen LogP contribution in [0.4, 0.5) is 5.82 Å². The molecule has 7 nitrogen and oxygen atoms in total. The lowest BCUT2D eigenvalue weighted by atomic mass is 10.1. The van der Waals surface area contributed by atoms with E-state index in [1.165, 1.54) is 0 Å². The quantitative estimate of drug-likeness (QED) is 0.358. The van der Waals surface area contributed by atoms with E-state index in [9.17, 15) is 9.59 Å². The number of pyridine rings is 2. The Morgan fingerprint density at radius 1 is 1.17 bits per heavy atom. The van der Waals surface area contributed by atoms with Crippen molar-refractivity contribution in [2.75, 3.05) is 18.4 Å². The van der Waals surface area contributed by atoms with Crippen LogP contribution in [0.1, 0.15) is 10.4 Å². The fraction of sp³-hybridized carbons (Fsp3) is 0.125. The van der Waals surface area contributed by atoms with Gasteiger partial charge in [0.05, 0.1) is 5.52 Å². The lowest BCUT2D eigenvalue weighted by molar-refractivity contribution is -0.109. The standard InChI is InChI=1S/C16H15N5O2/c17-15(23)10-1-2-11-13-8-18-4-3-12(13)16(21-14(11)7-10)20-6-5-19-9-22/h1-4,7-9H,5-6H2,(H2,17,23)(H,19,22)(H,20,21). The molecular weight excluding hydrogens is 294 g/mol. The van der Waals surface area contributed by atoms with Crippen molar-refractivity contribution in [2.45, 2.75) is 0 Å². The van der Waals surface area contributed by atoms with E-state index in [1.54, 1.807) is 24.5 Å². The van der Waals surface area contributed by atoms with Crippen molar-refractivity contribution in [3.63, 3.8) is 0 Å². The highest BCUT2D eigenvalue weighted by molar-refractivity contribution is 6.11. The topological polar surface area (TPSA) is 110 Å². The van der Waals surface area contributed by atoms with Crippen LogP contribution in [-0.4, -0.2) is 35.4 Å². The Morgan fingerprint density at radius 3 is 2.83 bits per heavy atom. The number of amides is 2. The van der Waals surface area contributed by atoms with Gasteiger partial charge in [0.15, 0.2) is 0 Å². The molecule has 4 N–H and O–H groups in total. The lowest BCUT2D eigenvalue weighted by Crippen LogP contribution is -2.20. The van der Waals surface area contributed by atoms with E-state index in [4.69, 9.17) is 5.73 Å². The number of nitrogens with zero attached hydrogens (tertiary/aromatic N) is 2. The highest BCUT2D eigenvalue weighted by Crippen LogP contribution is 2.29. The van der Waals surface area contributed by atoms with Gasteiger partial charge in [0, 0.05) is 47.2 Å². The number of hydrogen-bond donors (Lipinski definition) is 3. The van der Waals surface area contributed by atoms with Gasteiger partial charge in [-0.15, -0.1) is 0 Å². The normalized spacial score (nSPS) is 10.6. The monoisotopic (exact) mass is 309 g/mol. The van der Waals surface area contributed by atoms with Crippen LogP contribution in [0.3, 0.4) is 0 Å². The van der Waals surface area contributed by atoms with Crippen LogP contribution < -0.4 is 16.4 Å². The van der Waals surface area contributed by atoms with Gasteiger partial charge in [0.1, 0.15) is 5.82 Å². The third-order valence-corrected chi connectivity index (χ3v) is 3.53. The summed E-state index contributed by atoms with van der Waals surface area (Å²) in [4.78, 5) is 30.4. The lowest BCUT2D eigenvalue weighted by Gasteiger charge is -2.11. The molecule has 0 saturated carbocycles. The number of hydrogen-bond acceptors (Lipinski definition) is 5. The number of carbonyl (C=O) groups excluding carboxylic acids is 2. The second-order valence-electron chi connectivity index (χ2n) is 4.98. The Kier molecular flexibility index (Phi) is 4.01. The van der Waals surface area contributed by atoms with Crippen LogP contribution in [0.2, 0.25) is 0 Å². The summed E-state index contributed by atoms with van der Waals surface area (Å²) in [5.41, 5.74) is 6.40. The third-order valence-electron chi connectivity index (χ3n) is 3.53. The smallest absolute Gasteiger partial charge is 0.248 e. The SMILES string of the molecule is NC(=O)c1ccc2c(c1)nc(NCCNC=O)c1ccncc12. The molecule has 23 heavy (non-hydrogen) atoms. The first-order valence-electron chi connectivity index (χ1n) is 7.09. The molecule has 3 aromatic rings. The summed E-state index contributed by atoms with van der Waals surface area (Å²) in [7, 11) is 0. The maximum Gasteiger partial charge on any atom is 0.248 e. The summed E-state index contributed by atoms with van der Waals surface area (Å²) >= 11 is 0. The zero-order valence-electron chi connectivity index (χ0n) is 12.2. The molecule has 0 aliphatic heterocycles. The summed E-state index contributed by atoms with van der Waals surface area (Å²) in [6.07, 6.45) is 4.11. The number of anilines is 1. The summed E-state index contributed by atoms with van der Waals surface area (Å²) in [6.45, 7) is 1.02. The van der Waals surface area contributed by atoms with Crippen molar-refractivity contribution >= 4 is 39.8 Å². The average Bonchev–Trinajstić information content (AvgIpc) is 2.58. The molecule has 0 saturated heterocycles. The fourth-order valence-corrected chi connectivity index (χ4v) is 2.45. The van der Waals surface area contributed by atoms with Crippen LogP contribution in [0.25, 0.3) is 21.7 Å². The van der Waals surface area contributed by atoms with E-state index < -0.39 is 5.91 Å². The molecular formula is C16H15N5O2. The van der Waals surface area contributed by atoms with Gasteiger partial charge in [-0.05, 0) is 18.2 Å². The van der Waals surface area contributed by atoms with Crippen molar-refractivity contribution in [3.8, 4) is 0 Å².